The van der Waals surface area contributed by atoms with Crippen molar-refractivity contribution < 1.29 is 23.1 Å². The van der Waals surface area contributed by atoms with Crippen LogP contribution in [0.4, 0.5) is 10.1 Å². The van der Waals surface area contributed by atoms with E-state index in [1.807, 2.05) is 32.0 Å². The molecular formula is C22H21FN2O4. The number of nitrogens with zero attached hydrogens (tertiary/aromatic N) is 1. The number of ether oxygens (including phenoxy) is 1. The van der Waals surface area contributed by atoms with Crippen LogP contribution in [-0.2, 0) is 20.7 Å². The number of hydrogen-bond donors (Lipinski definition) is 1. The van der Waals surface area contributed by atoms with Crippen molar-refractivity contribution in [2.75, 3.05) is 11.9 Å². The minimum absolute atomic E-state index is 0.0279. The molecule has 0 radical (unpaired) electrons. The minimum atomic E-state index is -0.525. The monoisotopic (exact) mass is 396 g/mol. The van der Waals surface area contributed by atoms with Gasteiger partial charge in [-0.15, -0.1) is 0 Å². The molecule has 1 heterocycles. The van der Waals surface area contributed by atoms with Crippen molar-refractivity contribution in [3.63, 3.8) is 0 Å². The van der Waals surface area contributed by atoms with Crippen LogP contribution in [0.25, 0.3) is 11.3 Å². The Morgan fingerprint density at radius 2 is 1.90 bits per heavy atom. The number of aryl methyl sites for hydroxylation is 3. The second kappa shape index (κ2) is 9.14. The van der Waals surface area contributed by atoms with Gasteiger partial charge in [-0.05, 0) is 55.3 Å². The highest BCUT2D eigenvalue weighted by Gasteiger charge is 2.12. The van der Waals surface area contributed by atoms with E-state index in [1.54, 1.807) is 12.1 Å². The number of esters is 1. The Labute approximate surface area is 167 Å². The van der Waals surface area contributed by atoms with E-state index < -0.39 is 11.9 Å². The van der Waals surface area contributed by atoms with Crippen LogP contribution in [0.3, 0.4) is 0 Å². The van der Waals surface area contributed by atoms with Gasteiger partial charge in [-0.25, -0.2) is 9.37 Å². The van der Waals surface area contributed by atoms with Gasteiger partial charge in [-0.3, -0.25) is 9.59 Å². The smallest absolute Gasteiger partial charge is 0.306 e. The molecule has 29 heavy (non-hydrogen) atoms. The van der Waals surface area contributed by atoms with Gasteiger partial charge < -0.3 is 14.5 Å². The number of aromatic nitrogens is 1. The molecule has 0 fully saturated rings. The van der Waals surface area contributed by atoms with Crippen molar-refractivity contribution in [3.05, 3.63) is 71.5 Å². The minimum Gasteiger partial charge on any atom is -0.456 e. The van der Waals surface area contributed by atoms with Gasteiger partial charge >= 0.3 is 5.97 Å². The summed E-state index contributed by atoms with van der Waals surface area (Å²) < 4.78 is 23.6. The molecule has 0 spiro atoms. The zero-order chi connectivity index (χ0) is 20.8. The Balaban J connectivity index is 1.45. The topological polar surface area (TPSA) is 81.4 Å². The number of halogens is 1. The lowest BCUT2D eigenvalue weighted by molar-refractivity contribution is -0.147. The van der Waals surface area contributed by atoms with Crippen molar-refractivity contribution in [3.8, 4) is 11.3 Å². The first-order valence-electron chi connectivity index (χ1n) is 9.14. The first-order chi connectivity index (χ1) is 13.9. The molecule has 0 bridgehead atoms. The van der Waals surface area contributed by atoms with Crippen molar-refractivity contribution >= 4 is 17.6 Å². The van der Waals surface area contributed by atoms with Crippen LogP contribution in [0.1, 0.15) is 23.4 Å². The molecule has 0 aliphatic heterocycles. The normalized spacial score (nSPS) is 10.6. The van der Waals surface area contributed by atoms with Crippen molar-refractivity contribution in [2.45, 2.75) is 26.7 Å². The van der Waals surface area contributed by atoms with E-state index in [-0.39, 0.29) is 25.3 Å². The highest BCUT2D eigenvalue weighted by Crippen LogP contribution is 2.21. The van der Waals surface area contributed by atoms with E-state index in [1.165, 1.54) is 18.3 Å². The van der Waals surface area contributed by atoms with Crippen molar-refractivity contribution in [1.82, 2.24) is 4.98 Å². The third-order valence-electron chi connectivity index (χ3n) is 4.26. The van der Waals surface area contributed by atoms with Crippen LogP contribution in [0.15, 0.2) is 53.1 Å². The van der Waals surface area contributed by atoms with Crippen LogP contribution < -0.4 is 5.32 Å². The zero-order valence-electron chi connectivity index (χ0n) is 16.2. The summed E-state index contributed by atoms with van der Waals surface area (Å²) in [5.74, 6) is -0.412. The Kier molecular flexibility index (Phi) is 6.39. The Hall–Kier alpha value is -3.48. The largest absolute Gasteiger partial charge is 0.456 e. The first-order valence-corrected chi connectivity index (χ1v) is 9.14. The van der Waals surface area contributed by atoms with Gasteiger partial charge in [0.05, 0.1) is 12.6 Å². The molecule has 6 nitrogen and oxygen atoms in total. The average Bonchev–Trinajstić information content (AvgIpc) is 3.17. The number of nitrogens with one attached hydrogen (secondary N) is 1. The predicted molar refractivity (Wildman–Crippen MR) is 106 cm³/mol. The zero-order valence-corrected chi connectivity index (χ0v) is 16.2. The summed E-state index contributed by atoms with van der Waals surface area (Å²) >= 11 is 0. The molecule has 7 heteroatoms. The summed E-state index contributed by atoms with van der Waals surface area (Å²) in [4.78, 5) is 28.0. The number of benzene rings is 2. The number of oxazole rings is 1. The van der Waals surface area contributed by atoms with E-state index in [0.717, 1.165) is 11.1 Å². The summed E-state index contributed by atoms with van der Waals surface area (Å²) in [7, 11) is 0. The third-order valence-corrected chi connectivity index (χ3v) is 4.26. The van der Waals surface area contributed by atoms with Gasteiger partial charge in [-0.2, -0.15) is 0 Å². The fourth-order valence-corrected chi connectivity index (χ4v) is 2.66. The Morgan fingerprint density at radius 1 is 1.14 bits per heavy atom. The van der Waals surface area contributed by atoms with Crippen LogP contribution >= 0.6 is 0 Å². The summed E-state index contributed by atoms with van der Waals surface area (Å²) in [6.45, 7) is 3.45. The molecule has 1 aromatic heterocycles. The second-order valence-corrected chi connectivity index (χ2v) is 6.65. The molecule has 1 N–H and O–H groups in total. The molecule has 3 aromatic rings. The molecule has 1 amide bonds. The summed E-state index contributed by atoms with van der Waals surface area (Å²) in [5.41, 5.74) is 3.33. The summed E-state index contributed by atoms with van der Waals surface area (Å²) in [6, 6.07) is 11.6. The number of anilines is 1. The number of rotatable bonds is 7. The number of carbonyl (C=O) groups excluding carboxylic acids is 2. The lowest BCUT2D eigenvalue weighted by Crippen LogP contribution is -2.21. The van der Waals surface area contributed by atoms with Gasteiger partial charge in [0.1, 0.15) is 5.82 Å². The van der Waals surface area contributed by atoms with Crippen LogP contribution in [0.5, 0.6) is 0 Å². The highest BCUT2D eigenvalue weighted by atomic mass is 19.1. The van der Waals surface area contributed by atoms with Crippen LogP contribution in [-0.4, -0.2) is 23.5 Å². The van der Waals surface area contributed by atoms with Gasteiger partial charge in [0.25, 0.3) is 5.91 Å². The number of hydrogen-bond acceptors (Lipinski definition) is 5. The molecular weight excluding hydrogens is 375 g/mol. The fraction of sp³-hybridized carbons (Fsp3) is 0.227. The van der Waals surface area contributed by atoms with Crippen molar-refractivity contribution in [2.24, 2.45) is 0 Å². The molecule has 2 aromatic carbocycles. The SMILES string of the molecule is Cc1ccc(C)c(NC(=O)COC(=O)CCc2ncc(-c3ccc(F)cc3)o2)c1. The van der Waals surface area contributed by atoms with E-state index in [4.69, 9.17) is 9.15 Å². The van der Waals surface area contributed by atoms with Crippen LogP contribution in [0.2, 0.25) is 0 Å². The lowest BCUT2D eigenvalue weighted by Gasteiger charge is -2.09. The molecule has 0 atom stereocenters. The number of carbonyl (C=O) groups is 2. The fourth-order valence-electron chi connectivity index (χ4n) is 2.66. The first kappa shape index (κ1) is 20.3. The lowest BCUT2D eigenvalue weighted by atomic mass is 10.1. The van der Waals surface area contributed by atoms with Crippen LogP contribution in [0, 0.1) is 19.7 Å². The Morgan fingerprint density at radius 3 is 2.66 bits per heavy atom. The van der Waals surface area contributed by atoms with Crippen molar-refractivity contribution in [1.29, 1.82) is 0 Å². The molecule has 0 unspecified atom stereocenters. The van der Waals surface area contributed by atoms with Gasteiger partial charge in [0.2, 0.25) is 0 Å². The van der Waals surface area contributed by atoms with E-state index in [2.05, 4.69) is 10.3 Å². The van der Waals surface area contributed by atoms with E-state index >= 15 is 0 Å². The molecule has 150 valence electrons. The summed E-state index contributed by atoms with van der Waals surface area (Å²) in [6.07, 6.45) is 1.78. The molecule has 0 aliphatic carbocycles. The highest BCUT2D eigenvalue weighted by molar-refractivity contribution is 5.93. The average molecular weight is 396 g/mol. The van der Waals surface area contributed by atoms with Gasteiger partial charge in [-0.1, -0.05) is 12.1 Å². The summed E-state index contributed by atoms with van der Waals surface area (Å²) in [5, 5.41) is 2.73. The predicted octanol–water partition coefficient (Wildman–Crippen LogP) is 4.21. The maximum atomic E-state index is 13.0. The maximum Gasteiger partial charge on any atom is 0.306 e. The van der Waals surface area contributed by atoms with Gasteiger partial charge in [0, 0.05) is 17.7 Å². The number of amides is 1. The quantitative estimate of drug-likeness (QED) is 0.605. The third kappa shape index (κ3) is 5.75. The molecule has 0 saturated carbocycles. The van der Waals surface area contributed by atoms with E-state index in [0.29, 0.717) is 22.9 Å². The van der Waals surface area contributed by atoms with Gasteiger partial charge in [0.15, 0.2) is 18.3 Å². The van der Waals surface area contributed by atoms with E-state index in [9.17, 15) is 14.0 Å². The maximum absolute atomic E-state index is 13.0. The standard InChI is InChI=1S/C22H21FN2O4/c1-14-3-4-15(2)18(11-14)25-20(26)13-28-22(27)10-9-21-24-12-19(29-21)16-5-7-17(23)8-6-16/h3-8,11-12H,9-10,13H2,1-2H3,(H,25,26). The molecule has 3 rings (SSSR count). The second-order valence-electron chi connectivity index (χ2n) is 6.65. The molecule has 0 saturated heterocycles. The Bertz CT molecular complexity index is 1010. The molecule has 0 aliphatic rings.